The Balaban J connectivity index is 1.85. The fourth-order valence-electron chi connectivity index (χ4n) is 3.35. The lowest BCUT2D eigenvalue weighted by atomic mass is 10.1. The zero-order chi connectivity index (χ0) is 18.6. The van der Waals surface area contributed by atoms with E-state index in [-0.39, 0.29) is 6.61 Å². The van der Waals surface area contributed by atoms with Crippen molar-refractivity contribution in [3.05, 3.63) is 72.3 Å². The van der Waals surface area contributed by atoms with E-state index >= 15 is 0 Å². The van der Waals surface area contributed by atoms with Gasteiger partial charge in [-0.25, -0.2) is 4.98 Å². The normalized spacial score (nSPS) is 11.0. The average molecular weight is 357 g/mol. The number of rotatable bonds is 6. The molecule has 3 N–H and O–H groups in total. The summed E-state index contributed by atoms with van der Waals surface area (Å²) in [6.07, 6.45) is 1.05. The van der Waals surface area contributed by atoms with Gasteiger partial charge < -0.3 is 15.7 Å². The number of nitrogens with zero attached hydrogens (tertiary/aromatic N) is 1. The van der Waals surface area contributed by atoms with Gasteiger partial charge in [0.2, 0.25) is 0 Å². The largest absolute Gasteiger partial charge is 0.392 e. The second-order valence-electron chi connectivity index (χ2n) is 6.65. The van der Waals surface area contributed by atoms with Crippen molar-refractivity contribution < 1.29 is 5.11 Å². The molecule has 0 radical (unpaired) electrons. The van der Waals surface area contributed by atoms with Crippen molar-refractivity contribution in [1.29, 1.82) is 0 Å². The third kappa shape index (κ3) is 3.57. The summed E-state index contributed by atoms with van der Waals surface area (Å²) in [4.78, 5) is 4.78. The molecule has 4 rings (SSSR count). The Morgan fingerprint density at radius 3 is 2.11 bits per heavy atom. The van der Waals surface area contributed by atoms with Crippen LogP contribution >= 0.6 is 0 Å². The van der Waals surface area contributed by atoms with Gasteiger partial charge in [-0.2, -0.15) is 0 Å². The van der Waals surface area contributed by atoms with E-state index < -0.39 is 0 Å². The van der Waals surface area contributed by atoms with E-state index in [2.05, 4.69) is 35.8 Å². The Labute approximate surface area is 158 Å². The molecule has 0 amide bonds. The number of para-hydroxylation sites is 2. The Hall–Kier alpha value is -3.11. The number of anilines is 3. The summed E-state index contributed by atoms with van der Waals surface area (Å²) in [5, 5.41) is 18.8. The zero-order valence-electron chi connectivity index (χ0n) is 15.4. The van der Waals surface area contributed by atoms with Crippen LogP contribution in [0.25, 0.3) is 21.8 Å². The van der Waals surface area contributed by atoms with Gasteiger partial charge in [0.1, 0.15) is 0 Å². The SMILES string of the molecule is CCCNc1cc(CO)cc(Nc2c3ccccc3nc3ccccc23)c1. The van der Waals surface area contributed by atoms with Gasteiger partial charge in [-0.05, 0) is 42.3 Å². The molecule has 4 aromatic rings. The Bertz CT molecular complexity index is 1040. The highest BCUT2D eigenvalue weighted by Gasteiger charge is 2.10. The summed E-state index contributed by atoms with van der Waals surface area (Å²) >= 11 is 0. The summed E-state index contributed by atoms with van der Waals surface area (Å²) in [7, 11) is 0. The molecule has 1 aromatic heterocycles. The van der Waals surface area contributed by atoms with Crippen molar-refractivity contribution in [1.82, 2.24) is 4.98 Å². The van der Waals surface area contributed by atoms with E-state index in [9.17, 15) is 5.11 Å². The molecule has 0 fully saturated rings. The standard InChI is InChI=1S/C23H23N3O/c1-2-11-24-17-12-16(15-27)13-18(14-17)25-23-19-7-3-5-9-21(19)26-22-10-6-4-8-20(22)23/h3-10,12-14,24,27H,2,11,15H2,1H3,(H,25,26). The number of benzene rings is 3. The van der Waals surface area contributed by atoms with Gasteiger partial charge in [-0.15, -0.1) is 0 Å². The number of hydrogen-bond acceptors (Lipinski definition) is 4. The van der Waals surface area contributed by atoms with Crippen molar-refractivity contribution in [2.75, 3.05) is 17.2 Å². The zero-order valence-corrected chi connectivity index (χ0v) is 15.4. The van der Waals surface area contributed by atoms with Crippen molar-refractivity contribution in [2.45, 2.75) is 20.0 Å². The van der Waals surface area contributed by atoms with Crippen molar-refractivity contribution in [3.8, 4) is 0 Å². The van der Waals surface area contributed by atoms with Gasteiger partial charge in [0.25, 0.3) is 0 Å². The number of aliphatic hydroxyl groups excluding tert-OH is 1. The minimum atomic E-state index is 0.00810. The van der Waals surface area contributed by atoms with E-state index in [1.807, 2.05) is 48.5 Å². The molecule has 1 heterocycles. The molecule has 136 valence electrons. The van der Waals surface area contributed by atoms with Gasteiger partial charge in [0.15, 0.2) is 0 Å². The first kappa shape index (κ1) is 17.3. The molecular formula is C23H23N3O. The van der Waals surface area contributed by atoms with Gasteiger partial charge in [0, 0.05) is 28.7 Å². The number of hydrogen-bond donors (Lipinski definition) is 3. The van der Waals surface area contributed by atoms with Gasteiger partial charge in [-0.1, -0.05) is 43.3 Å². The Morgan fingerprint density at radius 2 is 1.48 bits per heavy atom. The maximum atomic E-state index is 9.66. The lowest BCUT2D eigenvalue weighted by Crippen LogP contribution is -2.02. The summed E-state index contributed by atoms with van der Waals surface area (Å²) in [5.74, 6) is 0. The topological polar surface area (TPSA) is 57.2 Å². The molecule has 0 unspecified atom stereocenters. The molecule has 0 saturated carbocycles. The Kier molecular flexibility index (Phi) is 4.90. The summed E-state index contributed by atoms with van der Waals surface area (Å²) in [6, 6.07) is 22.4. The first-order chi connectivity index (χ1) is 13.3. The molecule has 0 bridgehead atoms. The van der Waals surface area contributed by atoms with Gasteiger partial charge >= 0.3 is 0 Å². The minimum absolute atomic E-state index is 0.00810. The van der Waals surface area contributed by atoms with Crippen molar-refractivity contribution >= 4 is 38.9 Å². The molecule has 0 aliphatic heterocycles. The molecule has 0 saturated heterocycles. The molecule has 3 aromatic carbocycles. The van der Waals surface area contributed by atoms with E-state index in [1.165, 1.54) is 0 Å². The third-order valence-corrected chi connectivity index (χ3v) is 4.61. The van der Waals surface area contributed by atoms with Crippen LogP contribution in [0.2, 0.25) is 0 Å². The van der Waals surface area contributed by atoms with Crippen molar-refractivity contribution in [3.63, 3.8) is 0 Å². The molecule has 0 atom stereocenters. The molecular weight excluding hydrogens is 334 g/mol. The average Bonchev–Trinajstić information content (AvgIpc) is 2.72. The van der Waals surface area contributed by atoms with Crippen LogP contribution < -0.4 is 10.6 Å². The van der Waals surface area contributed by atoms with E-state index in [0.29, 0.717) is 0 Å². The fourth-order valence-corrected chi connectivity index (χ4v) is 3.35. The monoisotopic (exact) mass is 357 g/mol. The van der Waals surface area contributed by atoms with Crippen LogP contribution in [0, 0.1) is 0 Å². The molecule has 0 spiro atoms. The summed E-state index contributed by atoms with van der Waals surface area (Å²) in [6.45, 7) is 3.04. The predicted octanol–water partition coefficient (Wildman–Crippen LogP) is 5.45. The quantitative estimate of drug-likeness (QED) is 0.402. The van der Waals surface area contributed by atoms with E-state index in [4.69, 9.17) is 4.98 Å². The number of nitrogens with one attached hydrogen (secondary N) is 2. The summed E-state index contributed by atoms with van der Waals surface area (Å²) in [5.41, 5.74) is 5.78. The number of aromatic nitrogens is 1. The predicted molar refractivity (Wildman–Crippen MR) is 114 cm³/mol. The van der Waals surface area contributed by atoms with Gasteiger partial charge in [0.05, 0.1) is 23.3 Å². The smallest absolute Gasteiger partial charge is 0.0730 e. The van der Waals surface area contributed by atoms with Gasteiger partial charge in [-0.3, -0.25) is 0 Å². The summed E-state index contributed by atoms with van der Waals surface area (Å²) < 4.78 is 0. The molecule has 0 aliphatic rings. The van der Waals surface area contributed by atoms with Crippen LogP contribution in [0.15, 0.2) is 66.7 Å². The number of fused-ring (bicyclic) bond motifs is 2. The lowest BCUT2D eigenvalue weighted by molar-refractivity contribution is 0.282. The maximum absolute atomic E-state index is 9.66. The number of aliphatic hydroxyl groups is 1. The lowest BCUT2D eigenvalue weighted by Gasteiger charge is -2.15. The molecule has 0 aliphatic carbocycles. The maximum Gasteiger partial charge on any atom is 0.0730 e. The second-order valence-corrected chi connectivity index (χ2v) is 6.65. The highest BCUT2D eigenvalue weighted by molar-refractivity contribution is 6.08. The first-order valence-electron chi connectivity index (χ1n) is 9.31. The molecule has 4 nitrogen and oxygen atoms in total. The van der Waals surface area contributed by atoms with Crippen LogP contribution in [-0.2, 0) is 6.61 Å². The minimum Gasteiger partial charge on any atom is -0.392 e. The number of pyridine rings is 1. The van der Waals surface area contributed by atoms with E-state index in [1.54, 1.807) is 0 Å². The van der Waals surface area contributed by atoms with Crippen LogP contribution in [0.5, 0.6) is 0 Å². The highest BCUT2D eigenvalue weighted by Crippen LogP contribution is 2.34. The van der Waals surface area contributed by atoms with Crippen LogP contribution in [-0.4, -0.2) is 16.6 Å². The molecule has 27 heavy (non-hydrogen) atoms. The van der Waals surface area contributed by atoms with Crippen molar-refractivity contribution in [2.24, 2.45) is 0 Å². The first-order valence-corrected chi connectivity index (χ1v) is 9.31. The fraction of sp³-hybridized carbons (Fsp3) is 0.174. The van der Waals surface area contributed by atoms with E-state index in [0.717, 1.165) is 57.4 Å². The van der Waals surface area contributed by atoms with Crippen LogP contribution in [0.3, 0.4) is 0 Å². The second kappa shape index (κ2) is 7.64. The van der Waals surface area contributed by atoms with Crippen LogP contribution in [0.4, 0.5) is 17.1 Å². The Morgan fingerprint density at radius 1 is 0.852 bits per heavy atom. The highest BCUT2D eigenvalue weighted by atomic mass is 16.3. The molecule has 4 heteroatoms. The third-order valence-electron chi connectivity index (χ3n) is 4.61. The van der Waals surface area contributed by atoms with Crippen LogP contribution in [0.1, 0.15) is 18.9 Å².